The molecule has 4 N–H and O–H groups in total. The monoisotopic (exact) mass is 810 g/mol. The number of H-pyrrole nitrogens is 2. The highest BCUT2D eigenvalue weighted by atomic mass is 16.2. The first-order valence-electron chi connectivity index (χ1n) is 20.7. The van der Waals surface area contributed by atoms with Gasteiger partial charge in [-0.3, -0.25) is 9.59 Å². The summed E-state index contributed by atoms with van der Waals surface area (Å²) in [6.07, 6.45) is 8.38. The van der Waals surface area contributed by atoms with Crippen LogP contribution in [0.3, 0.4) is 0 Å². The van der Waals surface area contributed by atoms with E-state index in [1.165, 1.54) is 16.7 Å². The summed E-state index contributed by atoms with van der Waals surface area (Å²) in [7, 11) is 0. The van der Waals surface area contributed by atoms with Gasteiger partial charge in [0.25, 0.3) is 0 Å². The van der Waals surface area contributed by atoms with Crippen molar-refractivity contribution in [2.24, 2.45) is 0 Å². The van der Waals surface area contributed by atoms with Crippen LogP contribution in [0.5, 0.6) is 0 Å². The van der Waals surface area contributed by atoms with Gasteiger partial charge in [-0.05, 0) is 118 Å². The highest BCUT2D eigenvalue weighted by Gasteiger charge is 2.20. The molecule has 8 bridgehead atoms. The van der Waals surface area contributed by atoms with Gasteiger partial charge in [-0.15, -0.1) is 0 Å². The van der Waals surface area contributed by atoms with Gasteiger partial charge in [0.1, 0.15) is 6.04 Å². The topological polar surface area (TPSA) is 116 Å². The second-order valence-corrected chi connectivity index (χ2v) is 16.1. The van der Waals surface area contributed by atoms with Crippen LogP contribution < -0.4 is 10.6 Å². The van der Waals surface area contributed by atoms with E-state index in [0.29, 0.717) is 11.3 Å². The van der Waals surface area contributed by atoms with Crippen molar-refractivity contribution in [2.75, 3.05) is 5.32 Å². The number of hydrogen-bond donors (Lipinski definition) is 4. The number of amides is 2. The minimum atomic E-state index is -0.751. The molecule has 4 aromatic carbocycles. The third kappa shape index (κ3) is 7.82. The first-order chi connectivity index (χ1) is 30.0. The fourth-order valence-electron chi connectivity index (χ4n) is 7.94. The second-order valence-electron chi connectivity index (χ2n) is 16.1. The lowest BCUT2D eigenvalue weighted by atomic mass is 10.0. The lowest BCUT2D eigenvalue weighted by molar-refractivity contribution is -0.123. The summed E-state index contributed by atoms with van der Waals surface area (Å²) in [5.41, 5.74) is 19.3. The average Bonchev–Trinajstić information content (AvgIpc) is 4.11. The third-order valence-electron chi connectivity index (χ3n) is 11.3. The molecule has 0 unspecified atom stereocenters. The molecule has 304 valence electrons. The maximum absolute atomic E-state index is 13.1. The molecular weight excluding hydrogens is 765 g/mol. The fraction of sp³-hybridized carbons (Fsp3) is 0.111. The van der Waals surface area contributed by atoms with E-state index in [2.05, 4.69) is 169 Å². The lowest BCUT2D eigenvalue weighted by Gasteiger charge is -2.14. The molecular formula is C54H46N6O2. The number of nitrogens with zero attached hydrogens (tertiary/aromatic N) is 2. The summed E-state index contributed by atoms with van der Waals surface area (Å²) < 4.78 is 0. The Morgan fingerprint density at radius 2 is 0.806 bits per heavy atom. The number of hydrogen-bond acceptors (Lipinski definition) is 4. The van der Waals surface area contributed by atoms with Gasteiger partial charge in [0.15, 0.2) is 0 Å². The zero-order chi connectivity index (χ0) is 43.1. The van der Waals surface area contributed by atoms with Crippen LogP contribution >= 0.6 is 0 Å². The number of carbonyl (C=O) groups excluding carboxylic acids is 2. The van der Waals surface area contributed by atoms with Gasteiger partial charge in [0.05, 0.1) is 22.8 Å². The maximum Gasteiger partial charge on any atom is 0.246 e. The number of anilines is 1. The summed E-state index contributed by atoms with van der Waals surface area (Å²) in [5, 5.41) is 5.62. The van der Waals surface area contributed by atoms with E-state index in [-0.39, 0.29) is 11.8 Å². The van der Waals surface area contributed by atoms with Crippen molar-refractivity contribution in [3.63, 3.8) is 0 Å². The Kier molecular flexibility index (Phi) is 10.4. The smallest absolute Gasteiger partial charge is 0.246 e. The minimum absolute atomic E-state index is 0.334. The Morgan fingerprint density at radius 3 is 1.11 bits per heavy atom. The van der Waals surface area contributed by atoms with E-state index in [1.807, 2.05) is 24.3 Å². The fourth-order valence-corrected chi connectivity index (χ4v) is 7.94. The molecule has 2 aliphatic heterocycles. The molecule has 5 heterocycles. The molecule has 9 rings (SSSR count). The van der Waals surface area contributed by atoms with Gasteiger partial charge < -0.3 is 20.6 Å². The van der Waals surface area contributed by atoms with Gasteiger partial charge in [0.2, 0.25) is 11.8 Å². The van der Waals surface area contributed by atoms with Crippen molar-refractivity contribution in [3.05, 3.63) is 173 Å². The number of aromatic nitrogens is 4. The molecule has 0 radical (unpaired) electrons. The molecule has 0 saturated heterocycles. The van der Waals surface area contributed by atoms with E-state index in [1.54, 1.807) is 13.8 Å². The standard InChI is InChI=1S/C54H46N6O2/c1-31(2)53(61)55-35(6)54(62)56-40-21-19-39(20-22-40)52-47-29-27-45(59-47)50(37-15-9-33(4)10-16-37)43-25-23-41(57-43)49(36-13-7-32(3)8-14-36)42-24-26-44(58-42)51(46-28-30-48(52)60-46)38-17-11-34(5)12-18-38/h7-30,35,57,60H,1H2,2-6H3,(H,55,61)(H,56,62)/t35-/m0/s1. The van der Waals surface area contributed by atoms with E-state index in [9.17, 15) is 9.59 Å². The quantitative estimate of drug-likeness (QED) is 0.114. The Balaban J connectivity index is 1.32. The van der Waals surface area contributed by atoms with Gasteiger partial charge in [-0.2, -0.15) is 0 Å². The zero-order valence-electron chi connectivity index (χ0n) is 35.4. The molecule has 2 amide bonds. The van der Waals surface area contributed by atoms with E-state index in [0.717, 1.165) is 89.4 Å². The van der Waals surface area contributed by atoms with Crippen LogP contribution in [0.4, 0.5) is 5.69 Å². The van der Waals surface area contributed by atoms with Crippen molar-refractivity contribution in [2.45, 2.75) is 40.7 Å². The molecule has 1 atom stereocenters. The summed E-state index contributed by atoms with van der Waals surface area (Å²) in [6, 6.07) is 41.2. The number of rotatable bonds is 8. The molecule has 2 aliphatic rings. The molecule has 0 saturated carbocycles. The van der Waals surface area contributed by atoms with Crippen molar-refractivity contribution in [3.8, 4) is 44.5 Å². The SMILES string of the molecule is C=C(C)C(=O)N[C@@H](C)C(=O)Nc1ccc(-c2c3nc(c(-c4ccc(C)cc4)c4ccc([nH]4)c(-c4ccc(C)cc4)c4nc(c(-c5ccc(C)cc5)c5ccc2[nH]5)C=C4)C=C3)cc1. The highest BCUT2D eigenvalue weighted by molar-refractivity contribution is 6.02. The number of nitrogens with one attached hydrogen (secondary N) is 4. The molecule has 62 heavy (non-hydrogen) atoms. The predicted molar refractivity (Wildman–Crippen MR) is 256 cm³/mol. The Hall–Kier alpha value is -7.84. The number of benzene rings is 4. The summed E-state index contributed by atoms with van der Waals surface area (Å²) in [4.78, 5) is 43.7. The summed E-state index contributed by atoms with van der Waals surface area (Å²) in [6.45, 7) is 13.2. The van der Waals surface area contributed by atoms with Gasteiger partial charge in [-0.1, -0.05) is 108 Å². The Labute approximate surface area is 360 Å². The molecule has 8 nitrogen and oxygen atoms in total. The second kappa shape index (κ2) is 16.3. The average molecular weight is 811 g/mol. The molecule has 3 aromatic heterocycles. The van der Waals surface area contributed by atoms with Crippen molar-refractivity contribution in [1.82, 2.24) is 25.3 Å². The molecule has 0 aliphatic carbocycles. The largest absolute Gasteiger partial charge is 0.354 e. The van der Waals surface area contributed by atoms with Crippen LogP contribution in [0.25, 0.3) is 90.9 Å². The van der Waals surface area contributed by atoms with Crippen molar-refractivity contribution < 1.29 is 9.59 Å². The molecule has 8 heteroatoms. The maximum atomic E-state index is 13.1. The van der Waals surface area contributed by atoms with Gasteiger partial charge in [-0.25, -0.2) is 9.97 Å². The van der Waals surface area contributed by atoms with E-state index < -0.39 is 6.04 Å². The van der Waals surface area contributed by atoms with Gasteiger partial charge in [0, 0.05) is 55.6 Å². The van der Waals surface area contributed by atoms with Crippen LogP contribution in [0.15, 0.2) is 133 Å². The van der Waals surface area contributed by atoms with E-state index >= 15 is 0 Å². The van der Waals surface area contributed by atoms with Crippen LogP contribution in [-0.4, -0.2) is 37.8 Å². The first-order valence-corrected chi connectivity index (χ1v) is 20.7. The van der Waals surface area contributed by atoms with Crippen LogP contribution in [0.1, 0.15) is 53.3 Å². The third-order valence-corrected chi connectivity index (χ3v) is 11.3. The summed E-state index contributed by atoms with van der Waals surface area (Å²) in [5.74, 6) is -0.701. The van der Waals surface area contributed by atoms with Crippen LogP contribution in [-0.2, 0) is 9.59 Å². The predicted octanol–water partition coefficient (Wildman–Crippen LogP) is 12.3. The zero-order valence-corrected chi connectivity index (χ0v) is 35.4. The van der Waals surface area contributed by atoms with Crippen molar-refractivity contribution in [1.29, 1.82) is 0 Å². The number of fused-ring (bicyclic) bond motifs is 8. The number of carbonyl (C=O) groups is 2. The first kappa shape index (κ1) is 39.6. The summed E-state index contributed by atoms with van der Waals surface area (Å²) >= 11 is 0. The lowest BCUT2D eigenvalue weighted by Crippen LogP contribution is -2.41. The number of aryl methyl sites for hydroxylation is 3. The van der Waals surface area contributed by atoms with Crippen LogP contribution in [0, 0.1) is 20.8 Å². The number of aromatic amines is 2. The normalized spacial score (nSPS) is 12.3. The van der Waals surface area contributed by atoms with Gasteiger partial charge >= 0.3 is 0 Å². The Morgan fingerprint density at radius 1 is 0.500 bits per heavy atom. The minimum Gasteiger partial charge on any atom is -0.354 e. The van der Waals surface area contributed by atoms with E-state index in [4.69, 9.17) is 9.97 Å². The van der Waals surface area contributed by atoms with Crippen LogP contribution in [0.2, 0.25) is 0 Å². The molecule has 0 fully saturated rings. The highest BCUT2D eigenvalue weighted by Crippen LogP contribution is 2.39. The molecule has 0 spiro atoms. The Bertz CT molecular complexity index is 3100. The van der Waals surface area contributed by atoms with Crippen molar-refractivity contribution >= 4 is 63.9 Å². The molecule has 7 aromatic rings.